The number of carbonyl (C=O) groups is 2. The second-order valence-electron chi connectivity index (χ2n) is 8.17. The van der Waals surface area contributed by atoms with Crippen LogP contribution in [0.25, 0.3) is 0 Å². The fourth-order valence-electron chi connectivity index (χ4n) is 3.61. The molecule has 1 fully saturated rings. The van der Waals surface area contributed by atoms with Crippen molar-refractivity contribution in [1.29, 1.82) is 0 Å². The molecule has 12 heteroatoms. The van der Waals surface area contributed by atoms with E-state index in [0.717, 1.165) is 32.2 Å². The Morgan fingerprint density at radius 3 is 2.53 bits per heavy atom. The molecule has 1 aliphatic rings. The van der Waals surface area contributed by atoms with Crippen LogP contribution in [0.2, 0.25) is 5.02 Å². The first kappa shape index (κ1) is 25.5. The highest BCUT2D eigenvalue weighted by Gasteiger charge is 2.23. The number of rotatable bonds is 7. The molecule has 0 spiro atoms. The maximum absolute atomic E-state index is 13.3. The van der Waals surface area contributed by atoms with Crippen molar-refractivity contribution in [3.05, 3.63) is 71.1 Å². The predicted molar refractivity (Wildman–Crippen MR) is 135 cm³/mol. The number of benzene rings is 1. The average molecular weight is 530 g/mol. The van der Waals surface area contributed by atoms with Gasteiger partial charge < -0.3 is 20.7 Å². The fourth-order valence-corrected chi connectivity index (χ4v) is 4.36. The van der Waals surface area contributed by atoms with E-state index in [2.05, 4.69) is 25.9 Å². The van der Waals surface area contributed by atoms with Crippen molar-refractivity contribution >= 4 is 44.8 Å². The number of nitrogens with zero attached hydrogens (tertiary/aromatic N) is 2. The minimum atomic E-state index is -3.52. The number of nitrogens with one attached hydrogen (secondary N) is 3. The maximum atomic E-state index is 13.3. The Morgan fingerprint density at radius 1 is 1.06 bits per heavy atom. The molecule has 2 amide bonds. The molecule has 3 heterocycles. The molecular weight excluding hydrogens is 506 g/mol. The van der Waals surface area contributed by atoms with Crippen molar-refractivity contribution in [3.8, 4) is 5.75 Å². The summed E-state index contributed by atoms with van der Waals surface area (Å²) in [6.45, 7) is 1.52. The number of aromatic nitrogens is 2. The van der Waals surface area contributed by atoms with Crippen LogP contribution < -0.4 is 20.7 Å². The smallest absolute Gasteiger partial charge is 0.277 e. The molecule has 3 N–H and O–H groups in total. The SMILES string of the molecule is CS(=O)(=O)c1ccc(C(=O)Nc2cccnc2C(=O)Nc2ccc(Cl)cn2)c(OC2CCNCC2)c1. The van der Waals surface area contributed by atoms with E-state index in [-0.39, 0.29) is 39.5 Å². The van der Waals surface area contributed by atoms with Crippen molar-refractivity contribution in [2.24, 2.45) is 0 Å². The summed E-state index contributed by atoms with van der Waals surface area (Å²) >= 11 is 5.83. The van der Waals surface area contributed by atoms with E-state index in [4.69, 9.17) is 16.3 Å². The van der Waals surface area contributed by atoms with Crippen molar-refractivity contribution in [3.63, 3.8) is 0 Å². The number of hydrogen-bond acceptors (Lipinski definition) is 8. The van der Waals surface area contributed by atoms with Crippen LogP contribution in [-0.4, -0.2) is 55.6 Å². The van der Waals surface area contributed by atoms with Gasteiger partial charge in [0.2, 0.25) is 0 Å². The van der Waals surface area contributed by atoms with Crippen molar-refractivity contribution in [2.45, 2.75) is 23.8 Å². The maximum Gasteiger partial charge on any atom is 0.277 e. The average Bonchev–Trinajstić information content (AvgIpc) is 2.85. The van der Waals surface area contributed by atoms with E-state index in [9.17, 15) is 18.0 Å². The second-order valence-corrected chi connectivity index (χ2v) is 10.6. The third-order valence-electron chi connectivity index (χ3n) is 5.45. The summed E-state index contributed by atoms with van der Waals surface area (Å²) in [6.07, 6.45) is 5.17. The van der Waals surface area contributed by atoms with E-state index in [1.807, 2.05) is 0 Å². The Bertz CT molecular complexity index is 1380. The minimum absolute atomic E-state index is 0.0313. The van der Waals surface area contributed by atoms with Crippen molar-refractivity contribution in [2.75, 3.05) is 30.0 Å². The van der Waals surface area contributed by atoms with Gasteiger partial charge in [0.1, 0.15) is 17.7 Å². The first-order valence-corrected chi connectivity index (χ1v) is 13.4. The Kier molecular flexibility index (Phi) is 7.82. The summed E-state index contributed by atoms with van der Waals surface area (Å²) in [4.78, 5) is 34.3. The Morgan fingerprint density at radius 2 is 1.83 bits per heavy atom. The van der Waals surface area contributed by atoms with Crippen LogP contribution in [0.5, 0.6) is 5.75 Å². The topological polar surface area (TPSA) is 139 Å². The number of halogens is 1. The number of piperidine rings is 1. The summed E-state index contributed by atoms with van der Waals surface area (Å²) in [5, 5.41) is 8.95. The molecule has 0 radical (unpaired) electrons. The quantitative estimate of drug-likeness (QED) is 0.424. The zero-order chi connectivity index (χ0) is 25.7. The molecule has 10 nitrogen and oxygen atoms in total. The first-order valence-electron chi connectivity index (χ1n) is 11.1. The van der Waals surface area contributed by atoms with Crippen molar-refractivity contribution in [1.82, 2.24) is 15.3 Å². The van der Waals surface area contributed by atoms with Crippen LogP contribution in [0.15, 0.2) is 59.8 Å². The Labute approximate surface area is 213 Å². The lowest BCUT2D eigenvalue weighted by atomic mass is 10.1. The van der Waals surface area contributed by atoms with Crippen LogP contribution in [0.3, 0.4) is 0 Å². The van der Waals surface area contributed by atoms with Gasteiger partial charge in [0, 0.05) is 18.6 Å². The molecule has 188 valence electrons. The third kappa shape index (κ3) is 6.36. The summed E-state index contributed by atoms with van der Waals surface area (Å²) in [7, 11) is -3.52. The number of ether oxygens (including phenoxy) is 1. The highest BCUT2D eigenvalue weighted by atomic mass is 35.5. The number of hydrogen-bond donors (Lipinski definition) is 3. The monoisotopic (exact) mass is 529 g/mol. The Balaban J connectivity index is 1.59. The zero-order valence-electron chi connectivity index (χ0n) is 19.3. The second kappa shape index (κ2) is 11.0. The molecule has 0 atom stereocenters. The lowest BCUT2D eigenvalue weighted by Gasteiger charge is -2.25. The molecule has 36 heavy (non-hydrogen) atoms. The van der Waals surface area contributed by atoms with Gasteiger partial charge in [-0.3, -0.25) is 9.59 Å². The van der Waals surface area contributed by atoms with Gasteiger partial charge in [0.25, 0.3) is 11.8 Å². The van der Waals surface area contributed by atoms with Gasteiger partial charge in [-0.25, -0.2) is 18.4 Å². The van der Waals surface area contributed by atoms with Gasteiger partial charge in [-0.1, -0.05) is 11.6 Å². The van der Waals surface area contributed by atoms with E-state index in [0.29, 0.717) is 5.02 Å². The van der Waals surface area contributed by atoms with E-state index in [1.54, 1.807) is 12.1 Å². The number of pyridine rings is 2. The van der Waals surface area contributed by atoms with Crippen LogP contribution in [-0.2, 0) is 9.84 Å². The summed E-state index contributed by atoms with van der Waals surface area (Å²) in [5.41, 5.74) is 0.265. The summed E-state index contributed by atoms with van der Waals surface area (Å²) in [6, 6.07) is 10.3. The molecule has 0 unspecified atom stereocenters. The number of carbonyl (C=O) groups excluding carboxylic acids is 2. The zero-order valence-corrected chi connectivity index (χ0v) is 20.9. The molecule has 1 saturated heterocycles. The number of anilines is 2. The first-order chi connectivity index (χ1) is 17.2. The van der Waals surface area contributed by atoms with Gasteiger partial charge >= 0.3 is 0 Å². The highest BCUT2D eigenvalue weighted by Crippen LogP contribution is 2.27. The highest BCUT2D eigenvalue weighted by molar-refractivity contribution is 7.90. The van der Waals surface area contributed by atoms with Gasteiger partial charge in [-0.15, -0.1) is 0 Å². The van der Waals surface area contributed by atoms with Crippen molar-refractivity contribution < 1.29 is 22.7 Å². The molecule has 0 aliphatic carbocycles. The number of amides is 2. The fraction of sp³-hybridized carbons (Fsp3) is 0.250. The van der Waals surface area contributed by atoms with Gasteiger partial charge in [0.05, 0.1) is 21.2 Å². The van der Waals surface area contributed by atoms with Gasteiger partial charge in [-0.2, -0.15) is 0 Å². The molecule has 0 bridgehead atoms. The molecule has 1 aliphatic heterocycles. The van der Waals surface area contributed by atoms with E-state index < -0.39 is 21.7 Å². The molecule has 2 aromatic heterocycles. The standard InChI is InChI=1S/C24H24ClN5O5S/c1-36(33,34)17-5-6-18(20(13-17)35-16-8-11-26-12-9-16)23(31)29-19-3-2-10-27-22(19)24(32)30-21-7-4-15(25)14-28-21/h2-7,10,13-14,16,26H,8-9,11-12H2,1H3,(H,29,31)(H,28,30,32). The predicted octanol–water partition coefficient (Wildman–Crippen LogP) is 3.17. The molecule has 1 aromatic carbocycles. The van der Waals surface area contributed by atoms with Gasteiger partial charge in [0.15, 0.2) is 15.5 Å². The van der Waals surface area contributed by atoms with E-state index >= 15 is 0 Å². The third-order valence-corrected chi connectivity index (χ3v) is 6.78. The Hall–Kier alpha value is -3.54. The summed E-state index contributed by atoms with van der Waals surface area (Å²) in [5.74, 6) is -0.742. The molecule has 3 aromatic rings. The van der Waals surface area contributed by atoms with Crippen LogP contribution in [0.1, 0.15) is 33.7 Å². The molecule has 4 rings (SSSR count). The minimum Gasteiger partial charge on any atom is -0.489 e. The lowest BCUT2D eigenvalue weighted by Crippen LogP contribution is -2.34. The largest absolute Gasteiger partial charge is 0.489 e. The lowest BCUT2D eigenvalue weighted by molar-refractivity contribution is 0.101. The van der Waals surface area contributed by atoms with Crippen LogP contribution >= 0.6 is 11.6 Å². The van der Waals surface area contributed by atoms with Crippen LogP contribution in [0, 0.1) is 0 Å². The molecular formula is C24H24ClN5O5S. The normalized spacial score (nSPS) is 14.2. The number of sulfone groups is 1. The van der Waals surface area contributed by atoms with E-state index in [1.165, 1.54) is 42.7 Å². The van der Waals surface area contributed by atoms with Crippen LogP contribution in [0.4, 0.5) is 11.5 Å². The summed E-state index contributed by atoms with van der Waals surface area (Å²) < 4.78 is 30.3. The van der Waals surface area contributed by atoms with Gasteiger partial charge in [-0.05, 0) is 68.4 Å². The molecule has 0 saturated carbocycles.